The lowest BCUT2D eigenvalue weighted by atomic mass is 10.1. The van der Waals surface area contributed by atoms with Crippen molar-refractivity contribution in [2.45, 2.75) is 23.8 Å². The van der Waals surface area contributed by atoms with Crippen molar-refractivity contribution in [3.63, 3.8) is 0 Å². The number of benzene rings is 2. The van der Waals surface area contributed by atoms with Gasteiger partial charge in [0.05, 0.1) is 21.1 Å². The van der Waals surface area contributed by atoms with Gasteiger partial charge in [-0.1, -0.05) is 46.9 Å². The van der Waals surface area contributed by atoms with Crippen LogP contribution >= 0.6 is 34.8 Å². The second kappa shape index (κ2) is 7.39. The minimum absolute atomic E-state index is 0.00697. The van der Waals surface area contributed by atoms with Crippen LogP contribution in [-0.4, -0.2) is 35.4 Å². The third kappa shape index (κ3) is 3.35. The maximum absolute atomic E-state index is 13.1. The molecule has 3 aromatic rings. The van der Waals surface area contributed by atoms with Crippen LogP contribution in [-0.2, 0) is 10.0 Å². The van der Waals surface area contributed by atoms with Gasteiger partial charge in [0.25, 0.3) is 0 Å². The van der Waals surface area contributed by atoms with Crippen LogP contribution in [0.5, 0.6) is 0 Å². The second-order valence-electron chi connectivity index (χ2n) is 6.65. The van der Waals surface area contributed by atoms with Crippen LogP contribution in [0.1, 0.15) is 18.9 Å². The molecule has 2 heterocycles. The van der Waals surface area contributed by atoms with Crippen molar-refractivity contribution in [2.24, 2.45) is 0 Å². The van der Waals surface area contributed by atoms with Crippen molar-refractivity contribution in [3.05, 3.63) is 62.0 Å². The third-order valence-electron chi connectivity index (χ3n) is 4.97. The molecule has 0 atom stereocenters. The molecule has 4 rings (SSSR count). The molecule has 0 unspecified atom stereocenters. The van der Waals surface area contributed by atoms with E-state index < -0.39 is 10.0 Å². The number of H-pyrrole nitrogens is 1. The Morgan fingerprint density at radius 2 is 1.61 bits per heavy atom. The number of imidazole rings is 1. The maximum Gasteiger partial charge on any atom is 0.326 e. The molecule has 0 bridgehead atoms. The fourth-order valence-electron chi connectivity index (χ4n) is 3.68. The molecule has 1 fully saturated rings. The molecule has 1 saturated heterocycles. The van der Waals surface area contributed by atoms with E-state index in [1.165, 1.54) is 16.4 Å². The quantitative estimate of drug-likeness (QED) is 0.632. The van der Waals surface area contributed by atoms with Crippen molar-refractivity contribution in [1.29, 1.82) is 0 Å². The number of nitrogens with one attached hydrogen (secondary N) is 1. The third-order valence-corrected chi connectivity index (χ3v) is 8.01. The highest BCUT2D eigenvalue weighted by Crippen LogP contribution is 2.36. The number of para-hydroxylation sites is 2. The number of sulfonamides is 1. The minimum atomic E-state index is -3.87. The lowest BCUT2D eigenvalue weighted by Gasteiger charge is -2.32. The van der Waals surface area contributed by atoms with Gasteiger partial charge < -0.3 is 4.98 Å². The zero-order valence-electron chi connectivity index (χ0n) is 14.5. The van der Waals surface area contributed by atoms with Crippen LogP contribution in [0.25, 0.3) is 11.0 Å². The van der Waals surface area contributed by atoms with E-state index >= 15 is 0 Å². The summed E-state index contributed by atoms with van der Waals surface area (Å²) in [5.74, 6) is 0. The summed E-state index contributed by atoms with van der Waals surface area (Å²) in [4.78, 5) is 15.1. The topological polar surface area (TPSA) is 75.2 Å². The highest BCUT2D eigenvalue weighted by molar-refractivity contribution is 7.89. The van der Waals surface area contributed by atoms with Gasteiger partial charge in [-0.2, -0.15) is 4.31 Å². The Morgan fingerprint density at radius 1 is 1.00 bits per heavy atom. The van der Waals surface area contributed by atoms with Crippen molar-refractivity contribution >= 4 is 55.9 Å². The van der Waals surface area contributed by atoms with Gasteiger partial charge in [0.1, 0.15) is 4.90 Å². The number of halogens is 3. The zero-order valence-corrected chi connectivity index (χ0v) is 17.6. The Bertz CT molecular complexity index is 1190. The normalized spacial score (nSPS) is 16.7. The Balaban J connectivity index is 1.61. The number of aromatic amines is 1. The van der Waals surface area contributed by atoms with Crippen LogP contribution in [0.2, 0.25) is 15.1 Å². The molecule has 148 valence electrons. The number of piperidine rings is 1. The zero-order chi connectivity index (χ0) is 20.1. The SMILES string of the molecule is O=c1[nH]c2ccccc2n1C1CCN(S(=O)(=O)c2c(Cl)cc(Cl)cc2Cl)CC1. The largest absolute Gasteiger partial charge is 0.326 e. The van der Waals surface area contributed by atoms with Crippen molar-refractivity contribution < 1.29 is 8.42 Å². The van der Waals surface area contributed by atoms with E-state index in [1.54, 1.807) is 4.57 Å². The molecule has 0 spiro atoms. The highest BCUT2D eigenvalue weighted by Gasteiger charge is 2.34. The van der Waals surface area contributed by atoms with Gasteiger partial charge >= 0.3 is 5.69 Å². The molecule has 0 saturated carbocycles. The number of nitrogens with zero attached hydrogens (tertiary/aromatic N) is 2. The fraction of sp³-hybridized carbons (Fsp3) is 0.278. The molecule has 1 aliphatic rings. The molecular weight excluding hydrogens is 445 g/mol. The van der Waals surface area contributed by atoms with Gasteiger partial charge in [-0.05, 0) is 37.1 Å². The molecular formula is C18H16Cl3N3O3S. The first-order valence-electron chi connectivity index (χ1n) is 8.63. The van der Waals surface area contributed by atoms with E-state index in [4.69, 9.17) is 34.8 Å². The fourth-order valence-corrected chi connectivity index (χ4v) is 6.64. The molecule has 1 N–H and O–H groups in total. The Labute approximate surface area is 176 Å². The average molecular weight is 461 g/mol. The average Bonchev–Trinajstić information content (AvgIpc) is 2.96. The summed E-state index contributed by atoms with van der Waals surface area (Å²) in [6.45, 7) is 0.516. The van der Waals surface area contributed by atoms with E-state index in [-0.39, 0.29) is 44.8 Å². The van der Waals surface area contributed by atoms with Crippen molar-refractivity contribution in [3.8, 4) is 0 Å². The number of fused-ring (bicyclic) bond motifs is 1. The van der Waals surface area contributed by atoms with E-state index in [0.717, 1.165) is 11.0 Å². The van der Waals surface area contributed by atoms with Gasteiger partial charge in [-0.3, -0.25) is 4.57 Å². The van der Waals surface area contributed by atoms with Crippen LogP contribution in [0, 0.1) is 0 Å². The summed E-state index contributed by atoms with van der Waals surface area (Å²) in [5.41, 5.74) is 1.39. The number of rotatable bonds is 3. The van der Waals surface area contributed by atoms with Gasteiger partial charge in [-0.25, -0.2) is 13.2 Å². The molecule has 6 nitrogen and oxygen atoms in total. The number of aromatic nitrogens is 2. The lowest BCUT2D eigenvalue weighted by Crippen LogP contribution is -2.40. The Kier molecular flexibility index (Phi) is 5.22. The summed E-state index contributed by atoms with van der Waals surface area (Å²) in [5, 5.41) is 0.256. The molecule has 2 aromatic carbocycles. The minimum Gasteiger partial charge on any atom is -0.306 e. The summed E-state index contributed by atoms with van der Waals surface area (Å²) in [6, 6.07) is 10.1. The van der Waals surface area contributed by atoms with Crippen molar-refractivity contribution in [2.75, 3.05) is 13.1 Å². The molecule has 28 heavy (non-hydrogen) atoms. The van der Waals surface area contributed by atoms with Crippen LogP contribution in [0.15, 0.2) is 46.1 Å². The molecule has 0 amide bonds. The van der Waals surface area contributed by atoms with Gasteiger partial charge in [-0.15, -0.1) is 0 Å². The monoisotopic (exact) mass is 459 g/mol. The lowest BCUT2D eigenvalue weighted by molar-refractivity contribution is 0.274. The first-order chi connectivity index (χ1) is 13.3. The molecule has 1 aliphatic heterocycles. The Hall–Kier alpha value is -1.51. The van der Waals surface area contributed by atoms with E-state index in [0.29, 0.717) is 12.8 Å². The van der Waals surface area contributed by atoms with Crippen LogP contribution in [0.3, 0.4) is 0 Å². The number of hydrogen-bond donors (Lipinski definition) is 1. The molecule has 0 aliphatic carbocycles. The number of hydrogen-bond acceptors (Lipinski definition) is 3. The Morgan fingerprint density at radius 3 is 2.25 bits per heavy atom. The van der Waals surface area contributed by atoms with E-state index in [9.17, 15) is 13.2 Å². The molecule has 10 heteroatoms. The second-order valence-corrected chi connectivity index (χ2v) is 9.78. The van der Waals surface area contributed by atoms with Crippen LogP contribution in [0.4, 0.5) is 0 Å². The summed E-state index contributed by atoms with van der Waals surface area (Å²) < 4.78 is 29.2. The maximum atomic E-state index is 13.1. The highest BCUT2D eigenvalue weighted by atomic mass is 35.5. The smallest absolute Gasteiger partial charge is 0.306 e. The first-order valence-corrected chi connectivity index (χ1v) is 11.2. The predicted molar refractivity (Wildman–Crippen MR) is 111 cm³/mol. The summed E-state index contributed by atoms with van der Waals surface area (Å²) in [7, 11) is -3.87. The summed E-state index contributed by atoms with van der Waals surface area (Å²) in [6.07, 6.45) is 1.01. The van der Waals surface area contributed by atoms with E-state index in [1.807, 2.05) is 24.3 Å². The molecule has 0 radical (unpaired) electrons. The first kappa shape index (κ1) is 19.8. The predicted octanol–water partition coefficient (Wildman–Crippen LogP) is 4.32. The van der Waals surface area contributed by atoms with Gasteiger partial charge in [0.15, 0.2) is 0 Å². The van der Waals surface area contributed by atoms with E-state index in [2.05, 4.69) is 4.98 Å². The standard InChI is InChI=1S/C18H16Cl3N3O3S/c19-11-9-13(20)17(14(21)10-11)28(26,27)23-7-5-12(6-8-23)24-16-4-2-1-3-15(16)22-18(24)25/h1-4,9-10,12H,5-8H2,(H,22,25). The van der Waals surface area contributed by atoms with Crippen molar-refractivity contribution in [1.82, 2.24) is 13.9 Å². The molecule has 1 aromatic heterocycles. The van der Waals surface area contributed by atoms with Gasteiger partial charge in [0, 0.05) is 24.2 Å². The summed E-state index contributed by atoms with van der Waals surface area (Å²) >= 11 is 18.1. The van der Waals surface area contributed by atoms with Gasteiger partial charge in [0.2, 0.25) is 10.0 Å². The van der Waals surface area contributed by atoms with Crippen LogP contribution < -0.4 is 5.69 Å².